The summed E-state index contributed by atoms with van der Waals surface area (Å²) in [5.74, 6) is 0. The van der Waals surface area contributed by atoms with Crippen LogP contribution in [0.25, 0.3) is 0 Å². The van der Waals surface area contributed by atoms with Gasteiger partial charge in [-0.1, -0.05) is 0 Å². The minimum Gasteiger partial charge on any atom is -0.478 e. The van der Waals surface area contributed by atoms with E-state index in [4.69, 9.17) is 13.7 Å². The van der Waals surface area contributed by atoms with Gasteiger partial charge in [0.25, 0.3) is 0 Å². The summed E-state index contributed by atoms with van der Waals surface area (Å²) in [5, 5.41) is -1.68. The van der Waals surface area contributed by atoms with Crippen molar-refractivity contribution < 1.29 is 35.6 Å². The summed E-state index contributed by atoms with van der Waals surface area (Å²) in [4.78, 5) is 0. The predicted octanol–water partition coefficient (Wildman–Crippen LogP) is 1.82. The summed E-state index contributed by atoms with van der Waals surface area (Å²) in [6.45, 7) is 1.06. The summed E-state index contributed by atoms with van der Waals surface area (Å²) in [6, 6.07) is 0. The van der Waals surface area contributed by atoms with Gasteiger partial charge >= 0.3 is 21.3 Å². The molecule has 4 nitrogen and oxygen atoms in total. The molecule has 0 aliphatic heterocycles. The highest BCUT2D eigenvalue weighted by Gasteiger charge is 2.21. The van der Waals surface area contributed by atoms with Gasteiger partial charge < -0.3 is 4.74 Å². The Morgan fingerprint density at radius 2 is 1.77 bits per heavy atom. The van der Waals surface area contributed by atoms with Gasteiger partial charge in [-0.05, 0) is 6.92 Å². The molecule has 0 saturated carbocycles. The largest absolute Gasteiger partial charge is 0.478 e. The number of hydrogen-bond donors (Lipinski definition) is 1. The number of halogens is 4. The molecule has 13 heavy (non-hydrogen) atoms. The molecule has 0 spiro atoms. The third-order valence-electron chi connectivity index (χ3n) is 0.664. The minimum absolute atomic E-state index is 0.257. The Morgan fingerprint density at radius 3 is 1.85 bits per heavy atom. The van der Waals surface area contributed by atoms with Crippen molar-refractivity contribution >= 4 is 10.1 Å². The van der Waals surface area contributed by atoms with E-state index in [2.05, 4.69) is 4.74 Å². The Bertz CT molecular complexity index is 255. The second-order valence-electron chi connectivity index (χ2n) is 1.46. The van der Waals surface area contributed by atoms with Crippen LogP contribution in [0, 0.1) is 0 Å². The van der Waals surface area contributed by atoms with Gasteiger partial charge in [0.05, 0.1) is 6.61 Å². The van der Waals surface area contributed by atoms with E-state index >= 15 is 0 Å². The van der Waals surface area contributed by atoms with E-state index < -0.39 is 21.3 Å². The fourth-order valence-electron chi connectivity index (χ4n) is 0.358. The first-order valence-corrected chi connectivity index (χ1v) is 4.13. The Morgan fingerprint density at radius 1 is 1.38 bits per heavy atom. The Labute approximate surface area is 71.4 Å². The lowest BCUT2D eigenvalue weighted by Crippen LogP contribution is -2.06. The maximum atomic E-state index is 11.6. The van der Waals surface area contributed by atoms with Crippen LogP contribution in [-0.4, -0.2) is 19.6 Å². The van der Waals surface area contributed by atoms with Crippen molar-refractivity contribution in [3.05, 3.63) is 11.2 Å². The molecule has 0 unspecified atom stereocenters. The molecule has 0 aromatic heterocycles. The van der Waals surface area contributed by atoms with Crippen molar-refractivity contribution in [1.82, 2.24) is 0 Å². The first-order valence-electron chi connectivity index (χ1n) is 2.69. The molecule has 0 rings (SSSR count). The Hall–Kier alpha value is -0.830. The third-order valence-corrected chi connectivity index (χ3v) is 1.40. The van der Waals surface area contributed by atoms with E-state index in [9.17, 15) is 17.2 Å². The van der Waals surface area contributed by atoms with Crippen LogP contribution >= 0.6 is 0 Å². The smallest absolute Gasteiger partial charge is 0.333 e. The average Bonchev–Trinajstić information content (AvgIpc) is 2.01. The molecule has 0 atom stereocenters. The second-order valence-corrected chi connectivity index (χ2v) is 2.78. The highest BCUT2D eigenvalue weighted by atomic mass is 32.2. The lowest BCUT2D eigenvalue weighted by molar-refractivity contribution is 0.108. The van der Waals surface area contributed by atoms with Gasteiger partial charge in [0.1, 0.15) is 0 Å². The molecule has 0 heterocycles. The van der Waals surface area contributed by atoms with Crippen LogP contribution in [0.4, 0.5) is 17.9 Å². The lowest BCUT2D eigenvalue weighted by atomic mass is 10.9. The predicted molar refractivity (Wildman–Crippen MR) is 34.6 cm³/mol. The second kappa shape index (κ2) is 6.66. The van der Waals surface area contributed by atoms with Crippen LogP contribution in [0.15, 0.2) is 11.2 Å². The molecule has 0 aliphatic carbocycles. The highest BCUT2D eigenvalue weighted by molar-refractivity contribution is 7.89. The molecule has 0 fully saturated rings. The van der Waals surface area contributed by atoms with Crippen molar-refractivity contribution in [2.75, 3.05) is 6.61 Å². The monoisotopic (exact) mass is 226 g/mol. The fraction of sp³-hybridized carbons (Fsp3) is 0.500. The Balaban J connectivity index is 0. The zero-order chi connectivity index (χ0) is 11.1. The maximum Gasteiger partial charge on any atom is 0.333 e. The molecule has 0 aliphatic rings. The first kappa shape index (κ1) is 14.7. The van der Waals surface area contributed by atoms with Crippen molar-refractivity contribution in [2.45, 2.75) is 6.92 Å². The van der Waals surface area contributed by atoms with Gasteiger partial charge in [-0.15, -0.1) is 0 Å². The lowest BCUT2D eigenvalue weighted by Gasteiger charge is -2.01. The SMILES string of the molecule is CCOC(=C(F)F)S(=O)(=O)O.FF. The van der Waals surface area contributed by atoms with E-state index in [0.29, 0.717) is 0 Å². The summed E-state index contributed by atoms with van der Waals surface area (Å²) in [7, 11) is -4.92. The fourth-order valence-corrected chi connectivity index (χ4v) is 0.819. The first-order chi connectivity index (χ1) is 5.89. The van der Waals surface area contributed by atoms with Gasteiger partial charge in [0.2, 0.25) is 0 Å². The van der Waals surface area contributed by atoms with E-state index in [0.717, 1.165) is 0 Å². The zero-order valence-electron chi connectivity index (χ0n) is 6.30. The molecule has 0 bridgehead atoms. The number of rotatable bonds is 3. The van der Waals surface area contributed by atoms with Crippen molar-refractivity contribution in [3.63, 3.8) is 0 Å². The topological polar surface area (TPSA) is 63.6 Å². The van der Waals surface area contributed by atoms with Crippen LogP contribution in [0.2, 0.25) is 0 Å². The average molecular weight is 226 g/mol. The van der Waals surface area contributed by atoms with E-state index in [1.54, 1.807) is 0 Å². The van der Waals surface area contributed by atoms with Gasteiger partial charge in [-0.3, -0.25) is 4.55 Å². The molecular weight excluding hydrogens is 220 g/mol. The summed E-state index contributed by atoms with van der Waals surface area (Å²) < 4.78 is 71.4. The van der Waals surface area contributed by atoms with Gasteiger partial charge in [0, 0.05) is 9.15 Å². The molecule has 1 N–H and O–H groups in total. The maximum absolute atomic E-state index is 11.6. The molecule has 0 aromatic rings. The van der Waals surface area contributed by atoms with Crippen LogP contribution < -0.4 is 0 Å². The Kier molecular flexibility index (Phi) is 7.52. The third kappa shape index (κ3) is 6.34. The molecule has 80 valence electrons. The highest BCUT2D eigenvalue weighted by Crippen LogP contribution is 2.14. The van der Waals surface area contributed by atoms with Crippen LogP contribution in [0.1, 0.15) is 6.92 Å². The molecular formula is C4H6F4O4S. The number of ether oxygens (including phenoxy) is 1. The minimum atomic E-state index is -4.92. The van der Waals surface area contributed by atoms with E-state index in [1.807, 2.05) is 0 Å². The summed E-state index contributed by atoms with van der Waals surface area (Å²) >= 11 is 0. The van der Waals surface area contributed by atoms with Crippen LogP contribution in [-0.2, 0) is 14.9 Å². The van der Waals surface area contributed by atoms with E-state index in [-0.39, 0.29) is 6.61 Å². The molecule has 0 amide bonds. The van der Waals surface area contributed by atoms with Gasteiger partial charge in [-0.25, -0.2) is 0 Å². The van der Waals surface area contributed by atoms with E-state index in [1.165, 1.54) is 6.92 Å². The molecule has 0 saturated heterocycles. The van der Waals surface area contributed by atoms with Crippen molar-refractivity contribution in [3.8, 4) is 0 Å². The van der Waals surface area contributed by atoms with Gasteiger partial charge in [-0.2, -0.15) is 17.2 Å². The zero-order valence-corrected chi connectivity index (χ0v) is 7.12. The van der Waals surface area contributed by atoms with Crippen LogP contribution in [0.5, 0.6) is 0 Å². The number of hydrogen-bond acceptors (Lipinski definition) is 3. The normalized spacial score (nSPS) is 9.69. The summed E-state index contributed by atoms with van der Waals surface area (Å²) in [6.07, 6.45) is -2.56. The standard InChI is InChI=1S/C4H6F2O4S.F2/c1-2-10-4(3(5)6)11(7,8)9;1-2/h2H2,1H3,(H,7,8,9);. The molecule has 0 radical (unpaired) electrons. The van der Waals surface area contributed by atoms with Crippen molar-refractivity contribution in [2.24, 2.45) is 0 Å². The summed E-state index contributed by atoms with van der Waals surface area (Å²) in [5.41, 5.74) is 0. The molecule has 9 heteroatoms. The van der Waals surface area contributed by atoms with Gasteiger partial charge in [0.15, 0.2) is 0 Å². The van der Waals surface area contributed by atoms with Crippen molar-refractivity contribution in [1.29, 1.82) is 0 Å². The quantitative estimate of drug-likeness (QED) is 0.453. The van der Waals surface area contributed by atoms with Crippen LogP contribution in [0.3, 0.4) is 0 Å². The molecule has 0 aromatic carbocycles.